The Hall–Kier alpha value is -0.0800. The highest BCUT2D eigenvalue weighted by molar-refractivity contribution is 4.73. The van der Waals surface area contributed by atoms with Crippen LogP contribution in [-0.2, 0) is 9.47 Å². The van der Waals surface area contributed by atoms with Gasteiger partial charge in [-0.2, -0.15) is 0 Å². The molecular formula is C12H22O2. The Morgan fingerprint density at radius 2 is 1.50 bits per heavy atom. The third-order valence-electron chi connectivity index (χ3n) is 3.64. The monoisotopic (exact) mass is 198 g/mol. The zero-order valence-corrected chi connectivity index (χ0v) is 9.37. The standard InChI is InChI=1S/C12H22O2/c1-9-10(2)14-12(13-9)8-11-6-4-3-5-7-11/h9-12H,3-8H2,1-2H3. The van der Waals surface area contributed by atoms with Gasteiger partial charge in [0, 0.05) is 6.42 Å². The summed E-state index contributed by atoms with van der Waals surface area (Å²) in [7, 11) is 0. The van der Waals surface area contributed by atoms with Crippen LogP contribution in [0.5, 0.6) is 0 Å². The molecule has 2 unspecified atom stereocenters. The van der Waals surface area contributed by atoms with Crippen LogP contribution in [0.1, 0.15) is 52.4 Å². The van der Waals surface area contributed by atoms with Crippen LogP contribution in [0, 0.1) is 5.92 Å². The first-order valence-corrected chi connectivity index (χ1v) is 6.06. The summed E-state index contributed by atoms with van der Waals surface area (Å²) in [6, 6.07) is 0. The second-order valence-corrected chi connectivity index (χ2v) is 4.85. The van der Waals surface area contributed by atoms with Gasteiger partial charge in [0.05, 0.1) is 12.2 Å². The third kappa shape index (κ3) is 2.48. The van der Waals surface area contributed by atoms with Gasteiger partial charge in [-0.1, -0.05) is 32.1 Å². The molecular weight excluding hydrogens is 176 g/mol. The average molecular weight is 198 g/mol. The first-order chi connectivity index (χ1) is 6.75. The maximum atomic E-state index is 5.75. The topological polar surface area (TPSA) is 18.5 Å². The van der Waals surface area contributed by atoms with Gasteiger partial charge in [0.25, 0.3) is 0 Å². The van der Waals surface area contributed by atoms with E-state index < -0.39 is 0 Å². The summed E-state index contributed by atoms with van der Waals surface area (Å²) in [6.45, 7) is 4.21. The molecule has 0 bridgehead atoms. The summed E-state index contributed by atoms with van der Waals surface area (Å²) in [5, 5.41) is 0. The van der Waals surface area contributed by atoms with Gasteiger partial charge in [0.15, 0.2) is 6.29 Å². The molecule has 82 valence electrons. The number of hydrogen-bond donors (Lipinski definition) is 0. The quantitative estimate of drug-likeness (QED) is 0.678. The molecule has 0 radical (unpaired) electrons. The molecule has 0 aromatic carbocycles. The van der Waals surface area contributed by atoms with Crippen LogP contribution in [0.4, 0.5) is 0 Å². The lowest BCUT2D eigenvalue weighted by Gasteiger charge is -2.23. The van der Waals surface area contributed by atoms with Crippen molar-refractivity contribution in [2.75, 3.05) is 0 Å². The summed E-state index contributed by atoms with van der Waals surface area (Å²) in [6.07, 6.45) is 8.77. The molecule has 2 heteroatoms. The second-order valence-electron chi connectivity index (χ2n) is 4.85. The Balaban J connectivity index is 1.74. The van der Waals surface area contributed by atoms with Crippen molar-refractivity contribution >= 4 is 0 Å². The van der Waals surface area contributed by atoms with Crippen LogP contribution < -0.4 is 0 Å². The molecule has 2 rings (SSSR count). The fraction of sp³-hybridized carbons (Fsp3) is 1.00. The Morgan fingerprint density at radius 1 is 0.929 bits per heavy atom. The highest BCUT2D eigenvalue weighted by atomic mass is 16.7. The molecule has 1 aliphatic heterocycles. The lowest BCUT2D eigenvalue weighted by atomic mass is 9.87. The maximum Gasteiger partial charge on any atom is 0.158 e. The van der Waals surface area contributed by atoms with Gasteiger partial charge < -0.3 is 9.47 Å². The Bertz CT molecular complexity index is 165. The van der Waals surface area contributed by atoms with E-state index in [0.717, 1.165) is 12.3 Å². The second kappa shape index (κ2) is 4.63. The largest absolute Gasteiger partial charge is 0.347 e. The molecule has 0 amide bonds. The molecule has 1 heterocycles. The molecule has 2 aliphatic rings. The van der Waals surface area contributed by atoms with Gasteiger partial charge in [-0.15, -0.1) is 0 Å². The summed E-state index contributed by atoms with van der Waals surface area (Å²) in [5.41, 5.74) is 0. The van der Waals surface area contributed by atoms with Crippen LogP contribution in [0.15, 0.2) is 0 Å². The van der Waals surface area contributed by atoms with E-state index in [9.17, 15) is 0 Å². The van der Waals surface area contributed by atoms with E-state index in [2.05, 4.69) is 13.8 Å². The van der Waals surface area contributed by atoms with Crippen LogP contribution in [0.3, 0.4) is 0 Å². The van der Waals surface area contributed by atoms with Gasteiger partial charge in [-0.25, -0.2) is 0 Å². The molecule has 14 heavy (non-hydrogen) atoms. The van der Waals surface area contributed by atoms with Gasteiger partial charge in [-0.05, 0) is 19.8 Å². The van der Waals surface area contributed by atoms with Crippen molar-refractivity contribution in [3.8, 4) is 0 Å². The summed E-state index contributed by atoms with van der Waals surface area (Å²) in [5.74, 6) is 0.853. The lowest BCUT2D eigenvalue weighted by molar-refractivity contribution is -0.0785. The van der Waals surface area contributed by atoms with E-state index in [1.165, 1.54) is 32.1 Å². The van der Waals surface area contributed by atoms with E-state index in [1.54, 1.807) is 0 Å². The van der Waals surface area contributed by atoms with Crippen LogP contribution in [0.25, 0.3) is 0 Å². The Kier molecular flexibility index (Phi) is 3.45. The predicted octanol–water partition coefficient (Wildman–Crippen LogP) is 3.11. The molecule has 2 nitrogen and oxygen atoms in total. The van der Waals surface area contributed by atoms with Gasteiger partial charge in [-0.3, -0.25) is 0 Å². The van der Waals surface area contributed by atoms with Crippen molar-refractivity contribution in [2.24, 2.45) is 5.92 Å². The van der Waals surface area contributed by atoms with Gasteiger partial charge >= 0.3 is 0 Å². The van der Waals surface area contributed by atoms with E-state index in [1.807, 2.05) is 0 Å². The van der Waals surface area contributed by atoms with Crippen molar-refractivity contribution in [1.29, 1.82) is 0 Å². The van der Waals surface area contributed by atoms with Gasteiger partial charge in [0.2, 0.25) is 0 Å². The first kappa shape index (κ1) is 10.4. The summed E-state index contributed by atoms with van der Waals surface area (Å²) in [4.78, 5) is 0. The highest BCUT2D eigenvalue weighted by Crippen LogP contribution is 2.31. The lowest BCUT2D eigenvalue weighted by Crippen LogP contribution is -2.17. The van der Waals surface area contributed by atoms with E-state index in [-0.39, 0.29) is 18.5 Å². The number of hydrogen-bond acceptors (Lipinski definition) is 2. The molecule has 2 fully saturated rings. The SMILES string of the molecule is CC1OC(CC2CCCCC2)OC1C. The zero-order chi connectivity index (χ0) is 9.97. The molecule has 2 atom stereocenters. The first-order valence-electron chi connectivity index (χ1n) is 6.06. The predicted molar refractivity (Wildman–Crippen MR) is 56.1 cm³/mol. The minimum absolute atomic E-state index is 0.0862. The average Bonchev–Trinajstić information content (AvgIpc) is 2.47. The minimum atomic E-state index is 0.0862. The molecule has 0 aromatic rings. The van der Waals surface area contributed by atoms with E-state index in [0.29, 0.717) is 0 Å². The molecule has 0 N–H and O–H groups in total. The molecule has 1 saturated heterocycles. The van der Waals surface area contributed by atoms with Crippen molar-refractivity contribution in [3.05, 3.63) is 0 Å². The van der Waals surface area contributed by atoms with Crippen molar-refractivity contribution in [3.63, 3.8) is 0 Å². The van der Waals surface area contributed by atoms with Crippen LogP contribution in [-0.4, -0.2) is 18.5 Å². The fourth-order valence-electron chi connectivity index (χ4n) is 2.54. The smallest absolute Gasteiger partial charge is 0.158 e. The van der Waals surface area contributed by atoms with Crippen molar-refractivity contribution < 1.29 is 9.47 Å². The molecule has 0 spiro atoms. The summed E-state index contributed by atoms with van der Waals surface area (Å²) >= 11 is 0. The van der Waals surface area contributed by atoms with E-state index >= 15 is 0 Å². The normalized spacial score (nSPS) is 40.3. The van der Waals surface area contributed by atoms with Crippen molar-refractivity contribution in [1.82, 2.24) is 0 Å². The number of rotatable bonds is 2. The molecule has 0 aromatic heterocycles. The fourth-order valence-corrected chi connectivity index (χ4v) is 2.54. The molecule has 1 saturated carbocycles. The van der Waals surface area contributed by atoms with Crippen LogP contribution in [0.2, 0.25) is 0 Å². The third-order valence-corrected chi connectivity index (χ3v) is 3.64. The Morgan fingerprint density at radius 3 is 2.07 bits per heavy atom. The van der Waals surface area contributed by atoms with Crippen LogP contribution >= 0.6 is 0 Å². The maximum absolute atomic E-state index is 5.75. The Labute approximate surface area is 87.0 Å². The van der Waals surface area contributed by atoms with Gasteiger partial charge in [0.1, 0.15) is 0 Å². The highest BCUT2D eigenvalue weighted by Gasteiger charge is 2.31. The summed E-state index contributed by atoms with van der Waals surface area (Å²) < 4.78 is 11.5. The molecule has 1 aliphatic carbocycles. The number of ether oxygens (including phenoxy) is 2. The minimum Gasteiger partial charge on any atom is -0.347 e. The zero-order valence-electron chi connectivity index (χ0n) is 9.37. The van der Waals surface area contributed by atoms with E-state index in [4.69, 9.17) is 9.47 Å². The van der Waals surface area contributed by atoms with Crippen molar-refractivity contribution in [2.45, 2.75) is 70.9 Å².